The number of nitrogens with one attached hydrogen (secondary N) is 1. The summed E-state index contributed by atoms with van der Waals surface area (Å²) in [6.45, 7) is 6.01. The van der Waals surface area contributed by atoms with Crippen LogP contribution in [0.5, 0.6) is 11.5 Å². The molecule has 26 heavy (non-hydrogen) atoms. The van der Waals surface area contributed by atoms with Gasteiger partial charge in [0.1, 0.15) is 0 Å². The number of hydrogen-bond donors (Lipinski definition) is 1. The monoisotopic (exact) mass is 380 g/mol. The summed E-state index contributed by atoms with van der Waals surface area (Å²) >= 11 is 0. The number of rotatable bonds is 8. The van der Waals surface area contributed by atoms with E-state index in [4.69, 9.17) is 9.47 Å². The second-order valence-electron chi connectivity index (χ2n) is 5.34. The molecule has 0 unspecified atom stereocenters. The first-order valence-corrected chi connectivity index (χ1v) is 9.44. The average Bonchev–Trinajstić information content (AvgIpc) is 2.57. The summed E-state index contributed by atoms with van der Waals surface area (Å²) in [5.74, 6) is 0.910. The standard InChI is InChI=1S/C17H20N2O6S/c1-4-24-16-9-7-13(10-17(16)25-5-2)18-26(22,23)14-8-6-12(3)15(11-14)19(20)21/h6-11,18H,4-5H2,1-3H3. The molecule has 0 saturated carbocycles. The average molecular weight is 380 g/mol. The number of nitro groups is 1. The Kier molecular flexibility index (Phi) is 6.04. The van der Waals surface area contributed by atoms with Gasteiger partial charge >= 0.3 is 0 Å². The molecule has 0 heterocycles. The van der Waals surface area contributed by atoms with Crippen LogP contribution in [0, 0.1) is 17.0 Å². The molecule has 1 N–H and O–H groups in total. The van der Waals surface area contributed by atoms with Crippen molar-refractivity contribution in [1.82, 2.24) is 0 Å². The van der Waals surface area contributed by atoms with E-state index in [0.29, 0.717) is 30.3 Å². The molecule has 0 radical (unpaired) electrons. The molecule has 0 spiro atoms. The van der Waals surface area contributed by atoms with Crippen molar-refractivity contribution in [3.8, 4) is 11.5 Å². The van der Waals surface area contributed by atoms with Crippen LogP contribution in [0.2, 0.25) is 0 Å². The molecule has 0 aliphatic heterocycles. The summed E-state index contributed by atoms with van der Waals surface area (Å²) in [5.41, 5.74) is 0.392. The number of sulfonamides is 1. The molecule has 2 aromatic carbocycles. The van der Waals surface area contributed by atoms with E-state index in [2.05, 4.69) is 4.72 Å². The maximum Gasteiger partial charge on any atom is 0.273 e. The molecule has 140 valence electrons. The first-order chi connectivity index (χ1) is 12.3. The highest BCUT2D eigenvalue weighted by Gasteiger charge is 2.20. The molecule has 0 saturated heterocycles. The molecule has 0 aromatic heterocycles. The summed E-state index contributed by atoms with van der Waals surface area (Å²) < 4.78 is 38.4. The maximum absolute atomic E-state index is 12.6. The van der Waals surface area contributed by atoms with Gasteiger partial charge < -0.3 is 9.47 Å². The van der Waals surface area contributed by atoms with Gasteiger partial charge in [-0.05, 0) is 39.0 Å². The van der Waals surface area contributed by atoms with Gasteiger partial charge in [-0.25, -0.2) is 8.42 Å². The van der Waals surface area contributed by atoms with Gasteiger partial charge in [-0.1, -0.05) is 6.07 Å². The highest BCUT2D eigenvalue weighted by atomic mass is 32.2. The van der Waals surface area contributed by atoms with E-state index in [1.807, 2.05) is 6.92 Å². The quantitative estimate of drug-likeness (QED) is 0.555. The summed E-state index contributed by atoms with van der Waals surface area (Å²) in [6.07, 6.45) is 0. The van der Waals surface area contributed by atoms with E-state index in [-0.39, 0.29) is 16.3 Å². The zero-order valence-corrected chi connectivity index (χ0v) is 15.5. The van der Waals surface area contributed by atoms with E-state index in [1.54, 1.807) is 19.9 Å². The van der Waals surface area contributed by atoms with Gasteiger partial charge in [0.2, 0.25) is 0 Å². The van der Waals surface area contributed by atoms with Crippen LogP contribution in [-0.2, 0) is 10.0 Å². The van der Waals surface area contributed by atoms with E-state index in [9.17, 15) is 18.5 Å². The number of anilines is 1. The molecule has 8 nitrogen and oxygen atoms in total. The summed E-state index contributed by atoms with van der Waals surface area (Å²) in [5, 5.41) is 11.0. The van der Waals surface area contributed by atoms with E-state index in [1.165, 1.54) is 24.3 Å². The predicted molar refractivity (Wildman–Crippen MR) is 97.4 cm³/mol. The molecule has 2 aromatic rings. The van der Waals surface area contributed by atoms with Gasteiger partial charge in [0.15, 0.2) is 11.5 Å². The van der Waals surface area contributed by atoms with Crippen LogP contribution in [0.1, 0.15) is 19.4 Å². The molecule has 0 fully saturated rings. The van der Waals surface area contributed by atoms with Crippen molar-refractivity contribution >= 4 is 21.4 Å². The fraction of sp³-hybridized carbons (Fsp3) is 0.294. The Bertz CT molecular complexity index is 911. The third-order valence-electron chi connectivity index (χ3n) is 3.48. The predicted octanol–water partition coefficient (Wildman–Crippen LogP) is 3.50. The lowest BCUT2D eigenvalue weighted by Crippen LogP contribution is -2.13. The van der Waals surface area contributed by atoms with Crippen molar-refractivity contribution in [3.05, 3.63) is 52.1 Å². The lowest BCUT2D eigenvalue weighted by molar-refractivity contribution is -0.385. The number of hydrogen-bond acceptors (Lipinski definition) is 6. The lowest BCUT2D eigenvalue weighted by atomic mass is 10.2. The fourth-order valence-corrected chi connectivity index (χ4v) is 3.35. The minimum absolute atomic E-state index is 0.193. The Hall–Kier alpha value is -2.81. The van der Waals surface area contributed by atoms with Crippen LogP contribution < -0.4 is 14.2 Å². The number of nitrogens with zero attached hydrogens (tertiary/aromatic N) is 1. The van der Waals surface area contributed by atoms with Gasteiger partial charge in [-0.3, -0.25) is 14.8 Å². The van der Waals surface area contributed by atoms with Crippen LogP contribution in [-0.4, -0.2) is 26.6 Å². The third kappa shape index (κ3) is 4.42. The fourth-order valence-electron chi connectivity index (χ4n) is 2.28. The topological polar surface area (TPSA) is 108 Å². The zero-order valence-electron chi connectivity index (χ0n) is 14.7. The van der Waals surface area contributed by atoms with Crippen molar-refractivity contribution in [3.63, 3.8) is 0 Å². The van der Waals surface area contributed by atoms with Crippen LogP contribution in [0.3, 0.4) is 0 Å². The molecular weight excluding hydrogens is 360 g/mol. The van der Waals surface area contributed by atoms with Crippen LogP contribution in [0.15, 0.2) is 41.3 Å². The molecule has 0 bridgehead atoms. The number of nitro benzene ring substituents is 1. The molecule has 9 heteroatoms. The highest BCUT2D eigenvalue weighted by Crippen LogP contribution is 2.32. The second kappa shape index (κ2) is 8.05. The summed E-state index contributed by atoms with van der Waals surface area (Å²) in [4.78, 5) is 10.2. The van der Waals surface area contributed by atoms with E-state index >= 15 is 0 Å². The number of benzene rings is 2. The third-order valence-corrected chi connectivity index (χ3v) is 4.86. The van der Waals surface area contributed by atoms with Crippen molar-refractivity contribution in [2.75, 3.05) is 17.9 Å². The van der Waals surface area contributed by atoms with Gasteiger partial charge in [0.05, 0.1) is 28.7 Å². The largest absolute Gasteiger partial charge is 0.490 e. The summed E-state index contributed by atoms with van der Waals surface area (Å²) in [7, 11) is -3.99. The maximum atomic E-state index is 12.6. The van der Waals surface area contributed by atoms with Crippen LogP contribution >= 0.6 is 0 Å². The molecule has 0 aliphatic carbocycles. The van der Waals surface area contributed by atoms with Crippen molar-refractivity contribution in [2.45, 2.75) is 25.7 Å². The van der Waals surface area contributed by atoms with Crippen LogP contribution in [0.25, 0.3) is 0 Å². The van der Waals surface area contributed by atoms with Crippen molar-refractivity contribution < 1.29 is 22.8 Å². The SMILES string of the molecule is CCOc1ccc(NS(=O)(=O)c2ccc(C)c([N+](=O)[O-])c2)cc1OCC. The number of ether oxygens (including phenoxy) is 2. The lowest BCUT2D eigenvalue weighted by Gasteiger charge is -2.14. The first kappa shape index (κ1) is 19.5. The Morgan fingerprint density at radius 2 is 1.69 bits per heavy atom. The van der Waals surface area contributed by atoms with Crippen molar-refractivity contribution in [2.24, 2.45) is 0 Å². The van der Waals surface area contributed by atoms with Crippen LogP contribution in [0.4, 0.5) is 11.4 Å². The normalized spacial score (nSPS) is 11.0. The van der Waals surface area contributed by atoms with Gasteiger partial charge in [0, 0.05) is 17.7 Å². The van der Waals surface area contributed by atoms with E-state index in [0.717, 1.165) is 6.07 Å². The Morgan fingerprint density at radius 1 is 1.04 bits per heavy atom. The van der Waals surface area contributed by atoms with Gasteiger partial charge in [-0.2, -0.15) is 0 Å². The minimum Gasteiger partial charge on any atom is -0.490 e. The molecule has 0 atom stereocenters. The highest BCUT2D eigenvalue weighted by molar-refractivity contribution is 7.92. The van der Waals surface area contributed by atoms with Crippen molar-refractivity contribution in [1.29, 1.82) is 0 Å². The Labute approximate surface area is 152 Å². The Morgan fingerprint density at radius 3 is 2.31 bits per heavy atom. The second-order valence-corrected chi connectivity index (χ2v) is 7.02. The molecule has 0 amide bonds. The molecular formula is C17H20N2O6S. The molecule has 2 rings (SSSR count). The van der Waals surface area contributed by atoms with Gasteiger partial charge in [-0.15, -0.1) is 0 Å². The minimum atomic E-state index is -3.99. The summed E-state index contributed by atoms with van der Waals surface area (Å²) in [6, 6.07) is 8.40. The molecule has 0 aliphatic rings. The smallest absolute Gasteiger partial charge is 0.273 e. The first-order valence-electron chi connectivity index (χ1n) is 7.96. The van der Waals surface area contributed by atoms with E-state index < -0.39 is 14.9 Å². The Balaban J connectivity index is 2.36. The zero-order chi connectivity index (χ0) is 19.3. The van der Waals surface area contributed by atoms with Gasteiger partial charge in [0.25, 0.3) is 15.7 Å². The number of aryl methyl sites for hydroxylation is 1.